The van der Waals surface area contributed by atoms with Gasteiger partial charge in [-0.2, -0.15) is 0 Å². The lowest BCUT2D eigenvalue weighted by Crippen LogP contribution is -2.28. The zero-order chi connectivity index (χ0) is 13.9. The molecule has 1 aromatic heterocycles. The van der Waals surface area contributed by atoms with Crippen LogP contribution in [0.2, 0.25) is 0 Å². The number of hydrogen-bond acceptors (Lipinski definition) is 4. The zero-order valence-electron chi connectivity index (χ0n) is 12.5. The summed E-state index contributed by atoms with van der Waals surface area (Å²) in [6, 6.07) is 0. The van der Waals surface area contributed by atoms with Crippen molar-refractivity contribution in [1.82, 2.24) is 9.88 Å². The number of nitrogens with zero attached hydrogens (tertiary/aromatic N) is 2. The standard InChI is InChI=1S/C15H27N3S/c1-15(2,3)12-5-4-8-18(9-6-12)10-7-13-11-19-14(16)17-13/h11-12H,4-10H2,1-3H3,(H2,16,17). The Morgan fingerprint density at radius 2 is 2.16 bits per heavy atom. The first-order chi connectivity index (χ1) is 8.95. The van der Waals surface area contributed by atoms with Gasteiger partial charge in [0.2, 0.25) is 0 Å². The monoisotopic (exact) mass is 281 g/mol. The van der Waals surface area contributed by atoms with E-state index >= 15 is 0 Å². The van der Waals surface area contributed by atoms with Gasteiger partial charge in [-0.25, -0.2) is 4.98 Å². The van der Waals surface area contributed by atoms with E-state index in [1.165, 1.54) is 32.4 Å². The van der Waals surface area contributed by atoms with Gasteiger partial charge in [-0.1, -0.05) is 20.8 Å². The predicted octanol–water partition coefficient (Wildman–Crippen LogP) is 3.42. The Hall–Kier alpha value is -0.610. The SMILES string of the molecule is CC(C)(C)C1CCCN(CCc2csc(N)n2)CC1. The smallest absolute Gasteiger partial charge is 0.180 e. The van der Waals surface area contributed by atoms with E-state index in [1.54, 1.807) is 11.3 Å². The van der Waals surface area contributed by atoms with Crippen LogP contribution in [0.1, 0.15) is 45.7 Å². The molecule has 108 valence electrons. The fourth-order valence-electron chi connectivity index (χ4n) is 2.96. The van der Waals surface area contributed by atoms with Gasteiger partial charge < -0.3 is 10.6 Å². The third-order valence-electron chi connectivity index (χ3n) is 4.30. The van der Waals surface area contributed by atoms with Crippen molar-refractivity contribution in [3.63, 3.8) is 0 Å². The van der Waals surface area contributed by atoms with E-state index in [0.717, 1.165) is 24.6 Å². The molecule has 0 aromatic carbocycles. The lowest BCUT2D eigenvalue weighted by Gasteiger charge is -2.29. The van der Waals surface area contributed by atoms with Crippen LogP contribution in [0.3, 0.4) is 0 Å². The maximum Gasteiger partial charge on any atom is 0.180 e. The molecule has 1 aliphatic rings. The summed E-state index contributed by atoms with van der Waals surface area (Å²) in [7, 11) is 0. The Bertz CT molecular complexity index is 394. The highest BCUT2D eigenvalue weighted by atomic mass is 32.1. The number of anilines is 1. The Kier molecular flexibility index (Phi) is 4.85. The van der Waals surface area contributed by atoms with Crippen LogP contribution >= 0.6 is 11.3 Å². The molecule has 1 saturated heterocycles. The van der Waals surface area contributed by atoms with Crippen LogP contribution in [0.25, 0.3) is 0 Å². The summed E-state index contributed by atoms with van der Waals surface area (Å²) in [6.07, 6.45) is 5.08. The number of aromatic nitrogens is 1. The maximum atomic E-state index is 5.67. The molecule has 0 aliphatic carbocycles. The molecule has 0 bridgehead atoms. The first kappa shape index (κ1) is 14.8. The fraction of sp³-hybridized carbons (Fsp3) is 0.800. The highest BCUT2D eigenvalue weighted by Crippen LogP contribution is 2.34. The number of likely N-dealkylation sites (tertiary alicyclic amines) is 1. The van der Waals surface area contributed by atoms with Crippen molar-refractivity contribution >= 4 is 16.5 Å². The Balaban J connectivity index is 1.80. The van der Waals surface area contributed by atoms with Crippen molar-refractivity contribution in [2.45, 2.75) is 46.5 Å². The van der Waals surface area contributed by atoms with E-state index in [2.05, 4.69) is 36.0 Å². The molecule has 0 radical (unpaired) electrons. The first-order valence-electron chi connectivity index (χ1n) is 7.37. The first-order valence-corrected chi connectivity index (χ1v) is 8.25. The van der Waals surface area contributed by atoms with Crippen molar-refractivity contribution in [1.29, 1.82) is 0 Å². The van der Waals surface area contributed by atoms with Crippen molar-refractivity contribution in [2.24, 2.45) is 11.3 Å². The number of rotatable bonds is 3. The van der Waals surface area contributed by atoms with Crippen LogP contribution in [-0.2, 0) is 6.42 Å². The van der Waals surface area contributed by atoms with E-state index in [0.29, 0.717) is 10.5 Å². The molecule has 1 atom stereocenters. The topological polar surface area (TPSA) is 42.1 Å². The zero-order valence-corrected chi connectivity index (χ0v) is 13.3. The van der Waals surface area contributed by atoms with Gasteiger partial charge in [0, 0.05) is 18.3 Å². The lowest BCUT2D eigenvalue weighted by molar-refractivity contribution is 0.208. The molecule has 2 rings (SSSR count). The second-order valence-corrected chi connectivity index (χ2v) is 7.65. The fourth-order valence-corrected chi connectivity index (χ4v) is 3.55. The minimum absolute atomic E-state index is 0.458. The van der Waals surface area contributed by atoms with Crippen LogP contribution in [0.15, 0.2) is 5.38 Å². The second kappa shape index (κ2) is 6.23. The summed E-state index contributed by atoms with van der Waals surface area (Å²) in [5.41, 5.74) is 7.28. The maximum absolute atomic E-state index is 5.67. The second-order valence-electron chi connectivity index (χ2n) is 6.76. The number of hydrogen-bond donors (Lipinski definition) is 1. The number of nitrogens with two attached hydrogens (primary N) is 1. The molecule has 4 heteroatoms. The van der Waals surface area contributed by atoms with E-state index in [9.17, 15) is 0 Å². The van der Waals surface area contributed by atoms with Gasteiger partial charge in [-0.3, -0.25) is 0 Å². The average molecular weight is 281 g/mol. The van der Waals surface area contributed by atoms with Gasteiger partial charge >= 0.3 is 0 Å². The van der Waals surface area contributed by atoms with E-state index < -0.39 is 0 Å². The summed E-state index contributed by atoms with van der Waals surface area (Å²) in [6.45, 7) is 10.7. The third-order valence-corrected chi connectivity index (χ3v) is 5.02. The summed E-state index contributed by atoms with van der Waals surface area (Å²) < 4.78 is 0. The molecule has 1 aliphatic heterocycles. The van der Waals surface area contributed by atoms with Crippen molar-refractivity contribution in [3.8, 4) is 0 Å². The Morgan fingerprint density at radius 3 is 2.79 bits per heavy atom. The summed E-state index contributed by atoms with van der Waals surface area (Å²) in [4.78, 5) is 6.94. The molecule has 1 aromatic rings. The lowest BCUT2D eigenvalue weighted by atomic mass is 9.77. The molecule has 0 amide bonds. The summed E-state index contributed by atoms with van der Waals surface area (Å²) >= 11 is 1.55. The summed E-state index contributed by atoms with van der Waals surface area (Å²) in [5.74, 6) is 0.868. The highest BCUT2D eigenvalue weighted by Gasteiger charge is 2.26. The van der Waals surface area contributed by atoms with Crippen LogP contribution in [0.5, 0.6) is 0 Å². The third kappa shape index (κ3) is 4.46. The highest BCUT2D eigenvalue weighted by molar-refractivity contribution is 7.13. The molecular formula is C15H27N3S. The predicted molar refractivity (Wildman–Crippen MR) is 83.5 cm³/mol. The van der Waals surface area contributed by atoms with Crippen LogP contribution < -0.4 is 5.73 Å². The molecule has 1 fully saturated rings. The molecule has 1 unspecified atom stereocenters. The van der Waals surface area contributed by atoms with Crippen molar-refractivity contribution in [3.05, 3.63) is 11.1 Å². The molecular weight excluding hydrogens is 254 g/mol. The molecule has 2 N–H and O–H groups in total. The van der Waals surface area contributed by atoms with E-state index in [1.807, 2.05) is 0 Å². The molecule has 2 heterocycles. The van der Waals surface area contributed by atoms with Gasteiger partial charge in [0.1, 0.15) is 0 Å². The van der Waals surface area contributed by atoms with E-state index in [4.69, 9.17) is 5.73 Å². The van der Waals surface area contributed by atoms with Gasteiger partial charge in [0.15, 0.2) is 5.13 Å². The van der Waals surface area contributed by atoms with E-state index in [-0.39, 0.29) is 0 Å². The number of nitrogen functional groups attached to an aromatic ring is 1. The Labute approximate surface area is 121 Å². The van der Waals surface area contributed by atoms with Gasteiger partial charge in [0.05, 0.1) is 5.69 Å². The average Bonchev–Trinajstić information content (AvgIpc) is 2.61. The molecule has 0 spiro atoms. The van der Waals surface area contributed by atoms with Gasteiger partial charge in [-0.15, -0.1) is 11.3 Å². The van der Waals surface area contributed by atoms with Crippen LogP contribution in [0, 0.1) is 11.3 Å². The van der Waals surface area contributed by atoms with Crippen molar-refractivity contribution < 1.29 is 0 Å². The number of thiazole rings is 1. The minimum Gasteiger partial charge on any atom is -0.375 e. The van der Waals surface area contributed by atoms with Crippen molar-refractivity contribution in [2.75, 3.05) is 25.4 Å². The molecule has 0 saturated carbocycles. The quantitative estimate of drug-likeness (QED) is 0.923. The largest absolute Gasteiger partial charge is 0.375 e. The van der Waals surface area contributed by atoms with Crippen LogP contribution in [0.4, 0.5) is 5.13 Å². The van der Waals surface area contributed by atoms with Gasteiger partial charge in [-0.05, 0) is 43.7 Å². The van der Waals surface area contributed by atoms with Crippen LogP contribution in [-0.4, -0.2) is 29.5 Å². The molecule has 3 nitrogen and oxygen atoms in total. The van der Waals surface area contributed by atoms with Gasteiger partial charge in [0.25, 0.3) is 0 Å². The normalized spacial score (nSPS) is 22.4. The minimum atomic E-state index is 0.458. The molecule has 19 heavy (non-hydrogen) atoms. The summed E-state index contributed by atoms with van der Waals surface area (Å²) in [5, 5.41) is 2.78. The Morgan fingerprint density at radius 1 is 1.37 bits per heavy atom.